The van der Waals surface area contributed by atoms with Gasteiger partial charge in [-0.3, -0.25) is 4.79 Å². The normalized spacial score (nSPS) is 18.8. The number of hydrogen-bond acceptors (Lipinski definition) is 4. The average molecular weight is 233 g/mol. The highest BCUT2D eigenvalue weighted by Gasteiger charge is 2.27. The minimum absolute atomic E-state index is 0.0652. The fourth-order valence-electron chi connectivity index (χ4n) is 1.91. The van der Waals surface area contributed by atoms with E-state index >= 15 is 0 Å². The second kappa shape index (κ2) is 4.58. The van der Waals surface area contributed by atoms with Crippen LogP contribution in [0.1, 0.15) is 22.3 Å². The molecule has 1 aromatic carbocycles. The van der Waals surface area contributed by atoms with Crippen molar-refractivity contribution in [2.75, 3.05) is 7.11 Å². The standard InChI is InChI=1S/C12H11NO2S/c1-15-9-3-4-10-8(6-9)2-5-11(12(10)14)16-7-13/h3-4,6,11H,2,5H2,1H3. The third-order valence-electron chi connectivity index (χ3n) is 2.74. The second-order valence-corrected chi connectivity index (χ2v) is 4.61. The van der Waals surface area contributed by atoms with Crippen molar-refractivity contribution in [2.45, 2.75) is 18.1 Å². The summed E-state index contributed by atoms with van der Waals surface area (Å²) in [4.78, 5) is 12.0. The summed E-state index contributed by atoms with van der Waals surface area (Å²) >= 11 is 1.06. The van der Waals surface area contributed by atoms with Gasteiger partial charge in [-0.05, 0) is 48.4 Å². The van der Waals surface area contributed by atoms with E-state index in [1.54, 1.807) is 19.2 Å². The quantitative estimate of drug-likeness (QED) is 0.736. The van der Waals surface area contributed by atoms with Crippen molar-refractivity contribution in [2.24, 2.45) is 0 Å². The highest BCUT2D eigenvalue weighted by Crippen LogP contribution is 2.30. The van der Waals surface area contributed by atoms with Crippen LogP contribution in [0.5, 0.6) is 5.75 Å². The van der Waals surface area contributed by atoms with E-state index in [1.165, 1.54) is 0 Å². The zero-order valence-corrected chi connectivity index (χ0v) is 9.71. The van der Waals surface area contributed by atoms with Gasteiger partial charge in [-0.15, -0.1) is 0 Å². The van der Waals surface area contributed by atoms with Gasteiger partial charge in [0.1, 0.15) is 11.2 Å². The fraction of sp³-hybridized carbons (Fsp3) is 0.333. The molecule has 1 aliphatic rings. The van der Waals surface area contributed by atoms with Crippen molar-refractivity contribution in [1.29, 1.82) is 5.26 Å². The molecule has 0 saturated heterocycles. The van der Waals surface area contributed by atoms with Crippen LogP contribution in [0.4, 0.5) is 0 Å². The van der Waals surface area contributed by atoms with Gasteiger partial charge < -0.3 is 4.74 Å². The number of rotatable bonds is 2. The van der Waals surface area contributed by atoms with Crippen molar-refractivity contribution >= 4 is 17.5 Å². The Hall–Kier alpha value is -1.47. The van der Waals surface area contributed by atoms with Gasteiger partial charge in [0.15, 0.2) is 5.78 Å². The molecule has 0 N–H and O–H groups in total. The summed E-state index contributed by atoms with van der Waals surface area (Å²) in [5.74, 6) is 0.841. The Bertz CT molecular complexity index is 465. The Kier molecular flexibility index (Phi) is 3.16. The van der Waals surface area contributed by atoms with Gasteiger partial charge in [-0.25, -0.2) is 0 Å². The maximum Gasteiger partial charge on any atom is 0.177 e. The third kappa shape index (κ3) is 1.91. The minimum atomic E-state index is -0.203. The molecule has 16 heavy (non-hydrogen) atoms. The summed E-state index contributed by atoms with van der Waals surface area (Å²) in [6.45, 7) is 0. The Morgan fingerprint density at radius 1 is 1.56 bits per heavy atom. The number of ketones is 1. The monoisotopic (exact) mass is 233 g/mol. The van der Waals surface area contributed by atoms with E-state index in [2.05, 4.69) is 0 Å². The molecule has 82 valence electrons. The first kappa shape index (κ1) is 11.0. The van der Waals surface area contributed by atoms with Gasteiger partial charge in [0.05, 0.1) is 12.4 Å². The van der Waals surface area contributed by atoms with E-state index in [0.29, 0.717) is 0 Å². The predicted molar refractivity (Wildman–Crippen MR) is 62.6 cm³/mol. The largest absolute Gasteiger partial charge is 0.497 e. The molecule has 1 atom stereocenters. The summed E-state index contributed by atoms with van der Waals surface area (Å²) in [6.07, 6.45) is 1.56. The van der Waals surface area contributed by atoms with E-state index in [-0.39, 0.29) is 11.0 Å². The molecule has 1 aromatic rings. The molecule has 0 spiro atoms. The minimum Gasteiger partial charge on any atom is -0.497 e. The van der Waals surface area contributed by atoms with Gasteiger partial charge in [0, 0.05) is 5.56 Å². The van der Waals surface area contributed by atoms with Crippen molar-refractivity contribution < 1.29 is 9.53 Å². The molecule has 0 aromatic heterocycles. The molecule has 0 bridgehead atoms. The summed E-state index contributed by atoms with van der Waals surface area (Å²) in [7, 11) is 1.61. The first-order valence-corrected chi connectivity index (χ1v) is 5.90. The predicted octanol–water partition coefficient (Wildman–Crippen LogP) is 2.41. The van der Waals surface area contributed by atoms with Crippen LogP contribution in [0.25, 0.3) is 0 Å². The van der Waals surface area contributed by atoms with Crippen LogP contribution >= 0.6 is 11.8 Å². The van der Waals surface area contributed by atoms with E-state index in [4.69, 9.17) is 10.00 Å². The summed E-state index contributed by atoms with van der Waals surface area (Å²) in [5, 5.41) is 10.4. The molecule has 0 fully saturated rings. The number of carbonyl (C=O) groups excluding carboxylic acids is 1. The number of nitriles is 1. The number of hydrogen-bond donors (Lipinski definition) is 0. The van der Waals surface area contributed by atoms with Crippen LogP contribution in [0, 0.1) is 10.7 Å². The summed E-state index contributed by atoms with van der Waals surface area (Å²) in [5.41, 5.74) is 1.76. The maximum atomic E-state index is 12.0. The molecule has 0 radical (unpaired) electrons. The number of carbonyl (C=O) groups is 1. The van der Waals surface area contributed by atoms with Crippen molar-refractivity contribution in [3.8, 4) is 11.2 Å². The van der Waals surface area contributed by atoms with Gasteiger partial charge >= 0.3 is 0 Å². The number of thiocyanates is 1. The smallest absolute Gasteiger partial charge is 0.177 e. The zero-order chi connectivity index (χ0) is 11.5. The number of aryl methyl sites for hydroxylation is 1. The lowest BCUT2D eigenvalue weighted by atomic mass is 9.90. The summed E-state index contributed by atoms with van der Waals surface area (Å²) in [6, 6.07) is 5.48. The van der Waals surface area contributed by atoms with Gasteiger partial charge in [0.2, 0.25) is 0 Å². The number of fused-ring (bicyclic) bond motifs is 1. The molecule has 1 aliphatic carbocycles. The Morgan fingerprint density at radius 3 is 3.06 bits per heavy atom. The molecular weight excluding hydrogens is 222 g/mol. The lowest BCUT2D eigenvalue weighted by Crippen LogP contribution is -2.24. The Labute approximate surface area is 98.4 Å². The maximum absolute atomic E-state index is 12.0. The van der Waals surface area contributed by atoms with Gasteiger partial charge in [-0.1, -0.05) is 0 Å². The van der Waals surface area contributed by atoms with Crippen LogP contribution in [0.3, 0.4) is 0 Å². The summed E-state index contributed by atoms with van der Waals surface area (Å²) < 4.78 is 5.12. The molecule has 3 nitrogen and oxygen atoms in total. The average Bonchev–Trinajstić information content (AvgIpc) is 2.32. The van der Waals surface area contributed by atoms with Crippen molar-refractivity contribution in [3.63, 3.8) is 0 Å². The number of ether oxygens (including phenoxy) is 1. The molecule has 4 heteroatoms. The van der Waals surface area contributed by atoms with Crippen molar-refractivity contribution in [1.82, 2.24) is 0 Å². The van der Waals surface area contributed by atoms with Crippen LogP contribution < -0.4 is 4.74 Å². The van der Waals surface area contributed by atoms with E-state index in [1.807, 2.05) is 11.5 Å². The van der Waals surface area contributed by atoms with Crippen molar-refractivity contribution in [3.05, 3.63) is 29.3 Å². The van der Waals surface area contributed by atoms with Crippen LogP contribution in [-0.2, 0) is 6.42 Å². The molecule has 0 saturated carbocycles. The highest BCUT2D eigenvalue weighted by molar-refractivity contribution is 8.05. The number of Topliss-reactive ketones (excluding diaryl/α,β-unsaturated/α-hetero) is 1. The van der Waals surface area contributed by atoms with E-state index in [9.17, 15) is 4.79 Å². The highest BCUT2D eigenvalue weighted by atomic mass is 32.2. The topological polar surface area (TPSA) is 50.1 Å². The first-order valence-electron chi connectivity index (χ1n) is 5.02. The SMILES string of the molecule is COc1ccc2c(c1)CCC(SC#N)C2=O. The molecule has 0 aliphatic heterocycles. The van der Waals surface area contributed by atoms with E-state index in [0.717, 1.165) is 41.5 Å². The molecule has 1 unspecified atom stereocenters. The van der Waals surface area contributed by atoms with Gasteiger partial charge in [0.25, 0.3) is 0 Å². The molecule has 0 amide bonds. The van der Waals surface area contributed by atoms with Crippen LogP contribution in [0.2, 0.25) is 0 Å². The lowest BCUT2D eigenvalue weighted by Gasteiger charge is -2.21. The molecular formula is C12H11NO2S. The number of benzene rings is 1. The second-order valence-electron chi connectivity index (χ2n) is 3.62. The lowest BCUT2D eigenvalue weighted by molar-refractivity contribution is 0.0979. The molecule has 0 heterocycles. The third-order valence-corrected chi connectivity index (χ3v) is 3.58. The number of methoxy groups -OCH3 is 1. The molecule has 2 rings (SSSR count). The first-order chi connectivity index (χ1) is 7.76. The number of thioether (sulfide) groups is 1. The van der Waals surface area contributed by atoms with E-state index < -0.39 is 0 Å². The Balaban J connectivity index is 2.32. The van der Waals surface area contributed by atoms with Crippen LogP contribution in [-0.4, -0.2) is 18.1 Å². The van der Waals surface area contributed by atoms with Crippen LogP contribution in [0.15, 0.2) is 18.2 Å². The Morgan fingerprint density at radius 2 is 2.38 bits per heavy atom. The van der Waals surface area contributed by atoms with Gasteiger partial charge in [-0.2, -0.15) is 5.26 Å². The number of nitrogens with zero attached hydrogens (tertiary/aromatic N) is 1. The fourth-order valence-corrected chi connectivity index (χ4v) is 2.51. The zero-order valence-electron chi connectivity index (χ0n) is 8.90.